The average molecular weight is 607 g/mol. The van der Waals surface area contributed by atoms with Gasteiger partial charge in [-0.25, -0.2) is 8.42 Å². The monoisotopic (exact) mass is 606 g/mol. The summed E-state index contributed by atoms with van der Waals surface area (Å²) < 4.78 is 28.7. The van der Waals surface area contributed by atoms with Crippen LogP contribution in [0.4, 0.5) is 11.4 Å². The van der Waals surface area contributed by atoms with Gasteiger partial charge in [-0.15, -0.1) is 0 Å². The molecule has 228 valence electrons. The van der Waals surface area contributed by atoms with Crippen LogP contribution < -0.4 is 9.62 Å². The van der Waals surface area contributed by atoms with Crippen molar-refractivity contribution in [1.82, 2.24) is 10.2 Å². The molecule has 1 saturated carbocycles. The summed E-state index contributed by atoms with van der Waals surface area (Å²) in [6.07, 6.45) is 5.27. The molecule has 0 spiro atoms. The number of amides is 2. The van der Waals surface area contributed by atoms with Crippen LogP contribution in [0.5, 0.6) is 0 Å². The lowest BCUT2D eigenvalue weighted by Crippen LogP contribution is -2.54. The lowest BCUT2D eigenvalue weighted by atomic mass is 9.95. The molecule has 0 heterocycles. The van der Waals surface area contributed by atoms with Crippen LogP contribution in [0.1, 0.15) is 56.6 Å². The van der Waals surface area contributed by atoms with Crippen LogP contribution in [-0.4, -0.2) is 48.7 Å². The Morgan fingerprint density at radius 3 is 2.28 bits per heavy atom. The summed E-state index contributed by atoms with van der Waals surface area (Å²) in [6.45, 7) is 3.20. The highest BCUT2D eigenvalue weighted by molar-refractivity contribution is 7.92. The number of hydrogen-bond donors (Lipinski definition) is 1. The molecule has 1 aliphatic rings. The zero-order chi connectivity index (χ0) is 31.0. The molecule has 1 aliphatic carbocycles. The molecule has 0 radical (unpaired) electrons. The molecule has 0 aliphatic heterocycles. The largest absolute Gasteiger partial charge is 0.352 e. The number of non-ortho nitro benzene ring substituents is 1. The fourth-order valence-electron chi connectivity index (χ4n) is 5.36. The second-order valence-corrected chi connectivity index (χ2v) is 12.7. The highest BCUT2D eigenvalue weighted by Gasteiger charge is 2.34. The van der Waals surface area contributed by atoms with E-state index in [9.17, 15) is 28.1 Å². The van der Waals surface area contributed by atoms with E-state index in [0.717, 1.165) is 53.6 Å². The third-order valence-corrected chi connectivity index (χ3v) is 9.54. The standard InChI is InChI=1S/C32H38N4O6S/c1-3-30(32(38)33-26-11-6-4-7-12-26)34(22-25-19-17-24(2)18-20-25)31(37)23-35(27-13-10-14-28(21-27)36(39)40)43(41,42)29-15-8-5-9-16-29/h5,8-10,13-21,26,30H,3-4,6-7,11-12,22-23H2,1-2H3,(H,33,38)/t30-/m0/s1. The van der Waals surface area contributed by atoms with Crippen LogP contribution in [0.3, 0.4) is 0 Å². The number of carbonyl (C=O) groups is 2. The number of anilines is 1. The number of nitrogens with zero attached hydrogens (tertiary/aromatic N) is 3. The number of sulfonamides is 1. The van der Waals surface area contributed by atoms with Gasteiger partial charge in [-0.2, -0.15) is 0 Å². The fraction of sp³-hybridized carbons (Fsp3) is 0.375. The van der Waals surface area contributed by atoms with Crippen molar-refractivity contribution in [3.8, 4) is 0 Å². The normalized spacial score (nSPS) is 14.5. The van der Waals surface area contributed by atoms with Crippen LogP contribution in [0.25, 0.3) is 0 Å². The molecule has 4 rings (SSSR count). The Labute approximate surface area is 252 Å². The first-order chi connectivity index (χ1) is 20.6. The molecule has 1 fully saturated rings. The minimum atomic E-state index is -4.32. The summed E-state index contributed by atoms with van der Waals surface area (Å²) >= 11 is 0. The molecule has 3 aromatic rings. The van der Waals surface area contributed by atoms with Crippen molar-refractivity contribution in [2.24, 2.45) is 0 Å². The zero-order valence-electron chi connectivity index (χ0n) is 24.5. The van der Waals surface area contributed by atoms with Crippen molar-refractivity contribution in [1.29, 1.82) is 0 Å². The minimum Gasteiger partial charge on any atom is -0.352 e. The highest BCUT2D eigenvalue weighted by Crippen LogP contribution is 2.28. The number of nitro groups is 1. The quantitative estimate of drug-likeness (QED) is 0.218. The molecule has 10 nitrogen and oxygen atoms in total. The van der Waals surface area contributed by atoms with E-state index in [1.54, 1.807) is 18.2 Å². The van der Waals surface area contributed by atoms with Gasteiger partial charge in [-0.1, -0.05) is 80.3 Å². The van der Waals surface area contributed by atoms with Gasteiger partial charge in [0.15, 0.2) is 0 Å². The summed E-state index contributed by atoms with van der Waals surface area (Å²) in [7, 11) is -4.32. The Hall–Kier alpha value is -4.25. The van der Waals surface area contributed by atoms with Crippen LogP contribution >= 0.6 is 0 Å². The fourth-order valence-corrected chi connectivity index (χ4v) is 6.79. The van der Waals surface area contributed by atoms with Crippen molar-refractivity contribution >= 4 is 33.2 Å². The number of nitro benzene ring substituents is 1. The van der Waals surface area contributed by atoms with E-state index in [0.29, 0.717) is 6.42 Å². The SMILES string of the molecule is CC[C@@H](C(=O)NC1CCCCC1)N(Cc1ccc(C)cc1)C(=O)CN(c1cccc([N+](=O)[O-])c1)S(=O)(=O)c1ccccc1. The lowest BCUT2D eigenvalue weighted by Gasteiger charge is -2.34. The first-order valence-corrected chi connectivity index (χ1v) is 16.0. The molecule has 0 bridgehead atoms. The Balaban J connectivity index is 1.72. The number of benzene rings is 3. The van der Waals surface area contributed by atoms with Crippen molar-refractivity contribution in [3.63, 3.8) is 0 Å². The van der Waals surface area contributed by atoms with Crippen molar-refractivity contribution in [2.75, 3.05) is 10.8 Å². The number of hydrogen-bond acceptors (Lipinski definition) is 6. The summed E-state index contributed by atoms with van der Waals surface area (Å²) in [6, 6.07) is 19.5. The number of nitrogens with one attached hydrogen (secondary N) is 1. The van der Waals surface area contributed by atoms with E-state index in [1.165, 1.54) is 35.2 Å². The maximum absolute atomic E-state index is 14.2. The van der Waals surface area contributed by atoms with Crippen LogP contribution in [-0.2, 0) is 26.2 Å². The van der Waals surface area contributed by atoms with Gasteiger partial charge in [0.05, 0.1) is 15.5 Å². The molecule has 11 heteroatoms. The topological polar surface area (TPSA) is 130 Å². The van der Waals surface area contributed by atoms with E-state index in [4.69, 9.17) is 0 Å². The second kappa shape index (κ2) is 14.3. The average Bonchev–Trinajstić information content (AvgIpc) is 3.01. The smallest absolute Gasteiger partial charge is 0.271 e. The molecular formula is C32H38N4O6S. The first-order valence-electron chi connectivity index (χ1n) is 14.6. The van der Waals surface area contributed by atoms with Gasteiger partial charge < -0.3 is 10.2 Å². The van der Waals surface area contributed by atoms with E-state index >= 15 is 0 Å². The molecule has 0 aromatic heterocycles. The van der Waals surface area contributed by atoms with E-state index in [-0.39, 0.29) is 34.8 Å². The zero-order valence-corrected chi connectivity index (χ0v) is 25.3. The first kappa shape index (κ1) is 31.7. The second-order valence-electron chi connectivity index (χ2n) is 10.9. The maximum Gasteiger partial charge on any atom is 0.271 e. The Kier molecular flexibility index (Phi) is 10.5. The Bertz CT molecular complexity index is 1520. The van der Waals surface area contributed by atoms with E-state index in [2.05, 4.69) is 5.32 Å². The number of carbonyl (C=O) groups excluding carboxylic acids is 2. The van der Waals surface area contributed by atoms with Gasteiger partial charge in [0.1, 0.15) is 12.6 Å². The molecule has 1 atom stereocenters. The van der Waals surface area contributed by atoms with Crippen LogP contribution in [0.15, 0.2) is 83.8 Å². The van der Waals surface area contributed by atoms with Crippen LogP contribution in [0, 0.1) is 17.0 Å². The van der Waals surface area contributed by atoms with E-state index in [1.807, 2.05) is 38.1 Å². The minimum absolute atomic E-state index is 0.0265. The molecule has 3 aromatic carbocycles. The lowest BCUT2D eigenvalue weighted by molar-refractivity contribution is -0.384. The summed E-state index contributed by atoms with van der Waals surface area (Å²) in [4.78, 5) is 40.1. The number of aryl methyl sites for hydroxylation is 1. The summed E-state index contributed by atoms with van der Waals surface area (Å²) in [5.74, 6) is -0.875. The van der Waals surface area contributed by atoms with Crippen molar-refractivity contribution < 1.29 is 22.9 Å². The molecule has 1 N–H and O–H groups in total. The van der Waals surface area contributed by atoms with Crippen molar-refractivity contribution in [3.05, 3.63) is 100 Å². The van der Waals surface area contributed by atoms with Gasteiger partial charge in [0, 0.05) is 24.7 Å². The van der Waals surface area contributed by atoms with E-state index < -0.39 is 33.4 Å². The van der Waals surface area contributed by atoms with Crippen molar-refractivity contribution in [2.45, 2.75) is 75.9 Å². The third kappa shape index (κ3) is 7.98. The molecule has 43 heavy (non-hydrogen) atoms. The highest BCUT2D eigenvalue weighted by atomic mass is 32.2. The van der Waals surface area contributed by atoms with Crippen LogP contribution in [0.2, 0.25) is 0 Å². The third-order valence-electron chi connectivity index (χ3n) is 7.75. The predicted octanol–water partition coefficient (Wildman–Crippen LogP) is 5.35. The predicted molar refractivity (Wildman–Crippen MR) is 165 cm³/mol. The molecule has 2 amide bonds. The Morgan fingerprint density at radius 1 is 0.977 bits per heavy atom. The summed E-state index contributed by atoms with van der Waals surface area (Å²) in [5, 5.41) is 14.7. The molecular weight excluding hydrogens is 568 g/mol. The van der Waals surface area contributed by atoms with Gasteiger partial charge in [0.2, 0.25) is 11.8 Å². The Morgan fingerprint density at radius 2 is 1.65 bits per heavy atom. The van der Waals surface area contributed by atoms with Gasteiger partial charge in [0.25, 0.3) is 15.7 Å². The molecule has 0 unspecified atom stereocenters. The maximum atomic E-state index is 14.2. The molecule has 0 saturated heterocycles. The van der Waals surface area contributed by atoms with Gasteiger partial charge in [-0.3, -0.25) is 24.0 Å². The van der Waals surface area contributed by atoms with Gasteiger partial charge >= 0.3 is 0 Å². The van der Waals surface area contributed by atoms with Gasteiger partial charge in [-0.05, 0) is 49.9 Å². The summed E-state index contributed by atoms with van der Waals surface area (Å²) in [5.41, 5.74) is 1.49. The number of rotatable bonds is 12.